The second kappa shape index (κ2) is 18.1. The third kappa shape index (κ3) is 10.4. The van der Waals surface area contributed by atoms with Crippen molar-refractivity contribution < 1.29 is 28.5 Å². The van der Waals surface area contributed by atoms with Gasteiger partial charge in [0.15, 0.2) is 0 Å². The number of carbonyl (C=O) groups excluding carboxylic acids is 1. The molecule has 1 amide bonds. The fourth-order valence-electron chi connectivity index (χ4n) is 5.29. The predicted molar refractivity (Wildman–Crippen MR) is 188 cm³/mol. The van der Waals surface area contributed by atoms with E-state index < -0.39 is 0 Å². The Hall–Kier alpha value is -4.73. The maximum Gasteiger partial charge on any atom is 0.248 e. The standard InChI is InChI=1S/C37H39ClFN5O5/c38-31-18-28(10-11-34(31)48-23-25-7-5-8-27(39)17-25)43-37-26(21-40)22-42-32-20-35(49-29-12-16-47-24-29)33(19-30(32)37)44-36(46)9-6-14-41-13-3-1-2-4-15-45/h5-11,17-20,22,29,41,45H,1-4,12-16,23-24H2,(H,42,43)(H,44,46)/b9-6+. The Morgan fingerprint density at radius 3 is 2.80 bits per heavy atom. The summed E-state index contributed by atoms with van der Waals surface area (Å²) >= 11 is 6.55. The third-order valence-electron chi connectivity index (χ3n) is 7.81. The number of aromatic nitrogens is 1. The van der Waals surface area contributed by atoms with E-state index in [4.69, 9.17) is 30.9 Å². The summed E-state index contributed by atoms with van der Waals surface area (Å²) in [5.41, 5.74) is 2.98. The van der Waals surface area contributed by atoms with Crippen LogP contribution in [0.4, 0.5) is 21.5 Å². The normalized spacial score (nSPS) is 14.2. The van der Waals surface area contributed by atoms with Crippen LogP contribution >= 0.6 is 11.6 Å². The number of benzene rings is 3. The molecule has 0 spiro atoms. The van der Waals surface area contributed by atoms with Crippen LogP contribution < -0.4 is 25.4 Å². The van der Waals surface area contributed by atoms with Crippen LogP contribution in [0.1, 0.15) is 43.2 Å². The number of aliphatic hydroxyl groups excluding tert-OH is 1. The van der Waals surface area contributed by atoms with Crippen molar-refractivity contribution in [3.8, 4) is 17.6 Å². The second-order valence-electron chi connectivity index (χ2n) is 11.6. The van der Waals surface area contributed by atoms with Gasteiger partial charge in [-0.2, -0.15) is 5.26 Å². The minimum Gasteiger partial charge on any atom is -0.487 e. The van der Waals surface area contributed by atoms with E-state index in [0.717, 1.165) is 32.2 Å². The fourth-order valence-corrected chi connectivity index (χ4v) is 5.52. The highest BCUT2D eigenvalue weighted by Crippen LogP contribution is 2.38. The summed E-state index contributed by atoms with van der Waals surface area (Å²) in [4.78, 5) is 17.5. The molecule has 49 heavy (non-hydrogen) atoms. The van der Waals surface area contributed by atoms with E-state index in [2.05, 4.69) is 27.0 Å². The number of fused-ring (bicyclic) bond motifs is 1. The summed E-state index contributed by atoms with van der Waals surface area (Å²) in [7, 11) is 0. The smallest absolute Gasteiger partial charge is 0.248 e. The van der Waals surface area contributed by atoms with E-state index >= 15 is 0 Å². The number of aliphatic hydroxyl groups is 1. The van der Waals surface area contributed by atoms with E-state index in [0.29, 0.717) is 76.2 Å². The molecule has 2 heterocycles. The first kappa shape index (κ1) is 35.6. The zero-order valence-corrected chi connectivity index (χ0v) is 27.8. The number of carbonyl (C=O) groups is 1. The molecule has 1 aliphatic rings. The van der Waals surface area contributed by atoms with Crippen LogP contribution in [0.5, 0.6) is 11.5 Å². The van der Waals surface area contributed by atoms with Gasteiger partial charge in [-0.15, -0.1) is 0 Å². The van der Waals surface area contributed by atoms with E-state index in [1.54, 1.807) is 48.5 Å². The van der Waals surface area contributed by atoms with Crippen LogP contribution in [-0.4, -0.2) is 55.0 Å². The number of ether oxygens (including phenoxy) is 3. The summed E-state index contributed by atoms with van der Waals surface area (Å²) in [6, 6.07) is 16.9. The van der Waals surface area contributed by atoms with Crippen LogP contribution in [0.25, 0.3) is 10.9 Å². The van der Waals surface area contributed by atoms with Crippen molar-refractivity contribution in [2.75, 3.05) is 43.5 Å². The van der Waals surface area contributed by atoms with E-state index in [1.807, 2.05) is 0 Å². The van der Waals surface area contributed by atoms with Crippen LogP contribution in [0, 0.1) is 17.1 Å². The molecular weight excluding hydrogens is 649 g/mol. The summed E-state index contributed by atoms with van der Waals surface area (Å²) in [5.74, 6) is 0.175. The summed E-state index contributed by atoms with van der Waals surface area (Å²) in [6.07, 6.45) is 9.09. The number of nitrogens with one attached hydrogen (secondary N) is 3. The molecule has 0 radical (unpaired) electrons. The molecule has 1 saturated heterocycles. The third-order valence-corrected chi connectivity index (χ3v) is 8.10. The highest BCUT2D eigenvalue weighted by Gasteiger charge is 2.21. The van der Waals surface area contributed by atoms with Gasteiger partial charge in [0.25, 0.3) is 0 Å². The molecule has 0 aliphatic carbocycles. The molecule has 1 fully saturated rings. The largest absolute Gasteiger partial charge is 0.487 e. The molecule has 1 atom stereocenters. The number of hydrogen-bond donors (Lipinski definition) is 4. The highest BCUT2D eigenvalue weighted by atomic mass is 35.5. The molecule has 12 heteroatoms. The van der Waals surface area contributed by atoms with Gasteiger partial charge in [0.2, 0.25) is 5.91 Å². The maximum absolute atomic E-state index is 13.6. The average Bonchev–Trinajstić information content (AvgIpc) is 3.61. The molecule has 5 rings (SSSR count). The number of rotatable bonds is 17. The molecule has 0 saturated carbocycles. The monoisotopic (exact) mass is 687 g/mol. The van der Waals surface area contributed by atoms with Gasteiger partial charge < -0.3 is 35.3 Å². The number of nitrogens with zero attached hydrogens (tertiary/aromatic N) is 2. The van der Waals surface area contributed by atoms with Crippen molar-refractivity contribution in [1.82, 2.24) is 10.3 Å². The Morgan fingerprint density at radius 2 is 2.02 bits per heavy atom. The lowest BCUT2D eigenvalue weighted by molar-refractivity contribution is -0.111. The van der Waals surface area contributed by atoms with Crippen molar-refractivity contribution >= 4 is 45.5 Å². The molecule has 256 valence electrons. The van der Waals surface area contributed by atoms with Crippen molar-refractivity contribution in [2.45, 2.75) is 44.8 Å². The van der Waals surface area contributed by atoms with Crippen molar-refractivity contribution in [3.63, 3.8) is 0 Å². The molecule has 0 bridgehead atoms. The number of unbranched alkanes of at least 4 members (excludes halogenated alkanes) is 3. The quantitative estimate of drug-likeness (QED) is 0.0681. The van der Waals surface area contributed by atoms with E-state index in [1.165, 1.54) is 24.4 Å². The van der Waals surface area contributed by atoms with Gasteiger partial charge in [-0.1, -0.05) is 42.7 Å². The first-order chi connectivity index (χ1) is 23.9. The van der Waals surface area contributed by atoms with Crippen LogP contribution in [0.2, 0.25) is 5.02 Å². The Labute approximate surface area is 289 Å². The lowest BCUT2D eigenvalue weighted by Gasteiger charge is -2.19. The minimum absolute atomic E-state index is 0.140. The summed E-state index contributed by atoms with van der Waals surface area (Å²) < 4.78 is 31.1. The minimum atomic E-state index is -0.347. The van der Waals surface area contributed by atoms with Crippen molar-refractivity contribution in [3.05, 3.63) is 94.9 Å². The molecule has 1 aliphatic heterocycles. The number of halogens is 2. The van der Waals surface area contributed by atoms with Gasteiger partial charge in [-0.05, 0) is 61.3 Å². The van der Waals surface area contributed by atoms with Gasteiger partial charge in [0.1, 0.15) is 36.1 Å². The molecule has 4 aromatic rings. The van der Waals surface area contributed by atoms with Crippen molar-refractivity contribution in [2.24, 2.45) is 0 Å². The molecule has 1 aromatic heterocycles. The summed E-state index contributed by atoms with van der Waals surface area (Å²) in [6.45, 7) is 2.75. The number of hydrogen-bond acceptors (Lipinski definition) is 9. The molecule has 4 N–H and O–H groups in total. The summed E-state index contributed by atoms with van der Waals surface area (Å²) in [5, 5.41) is 29.3. The predicted octanol–water partition coefficient (Wildman–Crippen LogP) is 7.03. The Kier molecular flexibility index (Phi) is 13.2. The average molecular weight is 688 g/mol. The van der Waals surface area contributed by atoms with Gasteiger partial charge in [-0.3, -0.25) is 9.78 Å². The Balaban J connectivity index is 1.34. The first-order valence-corrected chi connectivity index (χ1v) is 16.7. The van der Waals surface area contributed by atoms with Gasteiger partial charge in [0.05, 0.1) is 40.7 Å². The first-order valence-electron chi connectivity index (χ1n) is 16.3. The Bertz CT molecular complexity index is 1810. The fraction of sp³-hybridized carbons (Fsp3) is 0.324. The highest BCUT2D eigenvalue weighted by molar-refractivity contribution is 6.32. The maximum atomic E-state index is 13.6. The lowest BCUT2D eigenvalue weighted by atomic mass is 10.1. The van der Waals surface area contributed by atoms with Crippen LogP contribution in [0.3, 0.4) is 0 Å². The molecule has 10 nitrogen and oxygen atoms in total. The number of pyridine rings is 1. The van der Waals surface area contributed by atoms with E-state index in [-0.39, 0.29) is 36.6 Å². The van der Waals surface area contributed by atoms with Crippen LogP contribution in [0.15, 0.2) is 72.9 Å². The zero-order chi connectivity index (χ0) is 34.4. The van der Waals surface area contributed by atoms with Crippen molar-refractivity contribution in [1.29, 1.82) is 5.26 Å². The lowest BCUT2D eigenvalue weighted by Crippen LogP contribution is -2.18. The van der Waals surface area contributed by atoms with Gasteiger partial charge in [0, 0.05) is 49.0 Å². The molecule has 1 unspecified atom stereocenters. The van der Waals surface area contributed by atoms with Gasteiger partial charge >= 0.3 is 0 Å². The number of anilines is 3. The molecular formula is C37H39ClFN5O5. The second-order valence-corrected chi connectivity index (χ2v) is 12.0. The SMILES string of the molecule is N#Cc1cnc2cc(OC3CCOC3)c(NC(=O)/C=C/CNCCCCCCO)cc2c1Nc1ccc(OCc2cccc(F)c2)c(Cl)c1. The van der Waals surface area contributed by atoms with Crippen LogP contribution in [-0.2, 0) is 16.1 Å². The zero-order valence-electron chi connectivity index (χ0n) is 27.0. The number of amides is 1. The number of nitriles is 1. The van der Waals surface area contributed by atoms with E-state index in [9.17, 15) is 14.4 Å². The topological polar surface area (TPSA) is 138 Å². The molecule has 3 aromatic carbocycles. The Morgan fingerprint density at radius 1 is 1.14 bits per heavy atom. The van der Waals surface area contributed by atoms with Gasteiger partial charge in [-0.25, -0.2) is 4.39 Å².